The third-order valence-electron chi connectivity index (χ3n) is 5.19. The maximum absolute atomic E-state index is 9.48. The number of methoxy groups -OCH3 is 1. The average Bonchev–Trinajstić information content (AvgIpc) is 3.04. The number of likely N-dealkylation sites (N-methyl/N-ethyl adjacent to an activating group) is 1. The van der Waals surface area contributed by atoms with E-state index >= 15 is 0 Å². The summed E-state index contributed by atoms with van der Waals surface area (Å²) < 4.78 is 81.3. The number of benzene rings is 1. The Kier molecular flexibility index (Phi) is 1.36. The Balaban J connectivity index is 2.03. The van der Waals surface area contributed by atoms with Gasteiger partial charge in [0.1, 0.15) is 12.2 Å². The second kappa shape index (κ2) is 4.06. The summed E-state index contributed by atoms with van der Waals surface area (Å²) in [5.74, 6) is -1.99. The van der Waals surface area contributed by atoms with Gasteiger partial charge in [0, 0.05) is 28.4 Å². The van der Waals surface area contributed by atoms with E-state index in [9.17, 15) is 2.74 Å². The first kappa shape index (κ1) is 7.37. The molecule has 5 atom stereocenters. The number of rotatable bonds is 2. The van der Waals surface area contributed by atoms with Gasteiger partial charge < -0.3 is 19.5 Å². The third kappa shape index (κ3) is 1.28. The number of likely N-dealkylation sites (tertiary alicyclic amines) is 1. The smallest absolute Gasteiger partial charge is 0.211 e. The number of hydrogen-bond acceptors (Lipinski definition) is 4. The van der Waals surface area contributed by atoms with Crippen LogP contribution >= 0.6 is 0 Å². The summed E-state index contributed by atoms with van der Waals surface area (Å²) in [6, 6.07) is -2.99. The van der Waals surface area contributed by atoms with Crippen LogP contribution in [0.1, 0.15) is 27.1 Å². The van der Waals surface area contributed by atoms with Crippen LogP contribution < -0.4 is 9.47 Å². The average molecular weight is 307 g/mol. The normalized spacial score (nSPS) is 58.5. The van der Waals surface area contributed by atoms with E-state index in [0.29, 0.717) is 0 Å². The van der Waals surface area contributed by atoms with Gasteiger partial charge in [-0.15, -0.1) is 0 Å². The van der Waals surface area contributed by atoms with Crippen molar-refractivity contribution in [2.24, 2.45) is 5.89 Å². The first-order valence-electron chi connectivity index (χ1n) is 11.2. The molecule has 22 heavy (non-hydrogen) atoms. The monoisotopic (exact) mass is 307 g/mol. The minimum atomic E-state index is -2.51. The summed E-state index contributed by atoms with van der Waals surface area (Å²) in [5, 5.41) is 4.73. The molecule has 2 heterocycles. The molecule has 4 heteroatoms. The van der Waals surface area contributed by atoms with Crippen molar-refractivity contribution in [2.45, 2.75) is 36.4 Å². The Labute approximate surface area is 141 Å². The SMILES string of the molecule is [2H]OC1([2H])C=C[C@]2([2H])[C@@]34CCN(C)[C@]2([2H])C([2H])([2H])c2c([2H])c([2H])c(OC)c(c23)OC14. The first-order valence-corrected chi connectivity index (χ1v) is 7.33. The lowest BCUT2D eigenvalue weighted by Crippen LogP contribution is -2.64. The van der Waals surface area contributed by atoms with Gasteiger partial charge in [-0.05, 0) is 38.0 Å². The molecule has 5 rings (SSSR count). The van der Waals surface area contributed by atoms with Gasteiger partial charge in [0.2, 0.25) is 1.43 Å². The summed E-state index contributed by atoms with van der Waals surface area (Å²) in [4.78, 5) is 1.46. The molecule has 1 aromatic carbocycles. The molecule has 0 aromatic heterocycles. The van der Waals surface area contributed by atoms with Crippen molar-refractivity contribution in [3.05, 3.63) is 35.4 Å². The third-order valence-corrected chi connectivity index (χ3v) is 5.19. The zero-order valence-electron chi connectivity index (χ0n) is 20.3. The quantitative estimate of drug-likeness (QED) is 0.841. The number of aliphatic hydroxyl groups is 1. The Bertz CT molecular complexity index is 1020. The zero-order chi connectivity index (χ0) is 22.1. The molecule has 4 nitrogen and oxygen atoms in total. The molecule has 1 fully saturated rings. The van der Waals surface area contributed by atoms with Crippen LogP contribution in [0.15, 0.2) is 24.2 Å². The van der Waals surface area contributed by atoms with Crippen molar-refractivity contribution in [3.8, 4) is 11.5 Å². The topological polar surface area (TPSA) is 41.9 Å². The molecular formula is C18H21NO3. The van der Waals surface area contributed by atoms with Crippen molar-refractivity contribution < 1.29 is 24.2 Å². The highest BCUT2D eigenvalue weighted by atomic mass is 16.5. The van der Waals surface area contributed by atoms with E-state index in [0.717, 1.165) is 0 Å². The predicted octanol–water partition coefficient (Wildman–Crippen LogP) is 1.50. The Hall–Kier alpha value is -1.52. The van der Waals surface area contributed by atoms with Gasteiger partial charge in [0.05, 0.1) is 11.2 Å². The molecule has 0 radical (unpaired) electrons. The lowest BCUT2D eigenvalue weighted by Gasteiger charge is -2.56. The largest absolute Gasteiger partial charge is 0.493 e. The van der Waals surface area contributed by atoms with Crippen molar-refractivity contribution in [3.63, 3.8) is 0 Å². The van der Waals surface area contributed by atoms with Crippen LogP contribution in [0.25, 0.3) is 0 Å². The van der Waals surface area contributed by atoms with E-state index in [1.807, 2.05) is 0 Å². The summed E-state index contributed by atoms with van der Waals surface area (Å²) >= 11 is 0. The number of ether oxygens (including phenoxy) is 2. The van der Waals surface area contributed by atoms with Gasteiger partial charge in [0.25, 0.3) is 0 Å². The van der Waals surface area contributed by atoms with E-state index in [-0.39, 0.29) is 41.6 Å². The number of nitrogens with zero attached hydrogens (tertiary/aromatic N) is 1. The Morgan fingerprint density at radius 1 is 1.59 bits per heavy atom. The van der Waals surface area contributed by atoms with Crippen LogP contribution in [0.2, 0.25) is 0 Å². The second-order valence-corrected chi connectivity index (χ2v) is 6.13. The molecule has 0 amide bonds. The zero-order valence-corrected chi connectivity index (χ0v) is 12.3. The Morgan fingerprint density at radius 3 is 3.32 bits per heavy atom. The molecule has 2 aliphatic carbocycles. The van der Waals surface area contributed by atoms with Crippen LogP contribution in [0.3, 0.4) is 0 Å². The number of piperidine rings is 1. The molecule has 1 spiro atoms. The van der Waals surface area contributed by atoms with Crippen molar-refractivity contribution >= 4 is 0 Å². The van der Waals surface area contributed by atoms with Crippen LogP contribution in [0.4, 0.5) is 0 Å². The summed E-state index contributed by atoms with van der Waals surface area (Å²) in [6.07, 6.45) is -3.08. The molecule has 1 aromatic rings. The maximum atomic E-state index is 9.48. The van der Waals surface area contributed by atoms with E-state index in [4.69, 9.17) is 22.9 Å². The number of hydrogen-bond donors (Lipinski definition) is 1. The molecule has 2 unspecified atom stereocenters. The highest BCUT2D eigenvalue weighted by Gasteiger charge is 2.64. The first-order chi connectivity index (χ1) is 13.9. The van der Waals surface area contributed by atoms with E-state index < -0.39 is 41.9 Å². The van der Waals surface area contributed by atoms with Crippen molar-refractivity contribution in [1.29, 1.82) is 1.43 Å². The minimum absolute atomic E-state index is 0.00276. The van der Waals surface area contributed by atoms with Gasteiger partial charge >= 0.3 is 0 Å². The Morgan fingerprint density at radius 2 is 2.50 bits per heavy atom. The van der Waals surface area contributed by atoms with E-state index in [2.05, 4.69) is 0 Å². The van der Waals surface area contributed by atoms with Crippen LogP contribution in [0.5, 0.6) is 11.5 Å². The molecule has 2 aliphatic heterocycles. The van der Waals surface area contributed by atoms with E-state index in [1.54, 1.807) is 7.05 Å². The molecule has 4 aliphatic rings. The lowest BCUT2D eigenvalue weighted by molar-refractivity contribution is -0.0453. The van der Waals surface area contributed by atoms with Gasteiger partial charge in [-0.3, -0.25) is 0 Å². The van der Waals surface area contributed by atoms with Crippen LogP contribution in [0, 0.1) is 5.89 Å². The van der Waals surface area contributed by atoms with Crippen LogP contribution in [-0.4, -0.2) is 50.3 Å². The summed E-state index contributed by atoms with van der Waals surface area (Å²) in [5.41, 5.74) is -1.41. The lowest BCUT2D eigenvalue weighted by atomic mass is 9.53. The second-order valence-electron chi connectivity index (χ2n) is 6.13. The standard InChI is InChI=1S/C18H21NO3/c1-19-8-7-18-11-4-5-13(20)17(18)22-16-14(21-2)6-3-10(15(16)18)9-12(11)19/h3-6,11-13,17,20H,7-9H2,1-2H3/t11-,12+,13?,17?,18-/m0/s1/i3D,6D,9D2,11D,12D,13D,20D. The fourth-order valence-corrected chi connectivity index (χ4v) is 4.19. The molecule has 1 saturated heterocycles. The summed E-state index contributed by atoms with van der Waals surface area (Å²) in [6.45, 7) is 0.239. The fraction of sp³-hybridized carbons (Fsp3) is 0.556. The molecule has 116 valence electrons. The molecular weight excluding hydrogens is 278 g/mol. The molecule has 0 saturated carbocycles. The summed E-state index contributed by atoms with van der Waals surface area (Å²) in [7, 11) is 2.87. The molecule has 1 N–H and O–H groups in total. The van der Waals surface area contributed by atoms with Gasteiger partial charge in [-0.25, -0.2) is 0 Å². The van der Waals surface area contributed by atoms with Crippen molar-refractivity contribution in [2.75, 3.05) is 20.7 Å². The van der Waals surface area contributed by atoms with Crippen LogP contribution in [-0.2, 0) is 11.8 Å². The maximum Gasteiger partial charge on any atom is 0.211 e. The predicted molar refractivity (Wildman–Crippen MR) is 82.5 cm³/mol. The fourth-order valence-electron chi connectivity index (χ4n) is 4.19. The van der Waals surface area contributed by atoms with Gasteiger partial charge in [-0.2, -0.15) is 0 Å². The highest BCUT2D eigenvalue weighted by molar-refractivity contribution is 5.62. The minimum Gasteiger partial charge on any atom is -0.493 e. The highest BCUT2D eigenvalue weighted by Crippen LogP contribution is 2.62. The van der Waals surface area contributed by atoms with Crippen molar-refractivity contribution in [1.82, 2.24) is 4.90 Å². The van der Waals surface area contributed by atoms with Gasteiger partial charge in [-0.1, -0.05) is 18.2 Å². The van der Waals surface area contributed by atoms with Gasteiger partial charge in [0.15, 0.2) is 11.5 Å². The molecule has 2 bridgehead atoms. The van der Waals surface area contributed by atoms with E-state index in [1.165, 1.54) is 24.2 Å².